The molecule has 1 N–H and O–H groups in total. The molecule has 5 rings (SSSR count). The van der Waals surface area contributed by atoms with E-state index in [0.29, 0.717) is 16.6 Å². The van der Waals surface area contributed by atoms with Gasteiger partial charge in [0.1, 0.15) is 23.2 Å². The highest BCUT2D eigenvalue weighted by atomic mass is 31.2. The predicted molar refractivity (Wildman–Crippen MR) is 179 cm³/mol. The summed E-state index contributed by atoms with van der Waals surface area (Å²) in [6, 6.07) is 46.6. The van der Waals surface area contributed by atoms with Crippen LogP contribution in [0.25, 0.3) is 6.08 Å². The zero-order valence-electron chi connectivity index (χ0n) is 24.1. The first-order valence-corrected chi connectivity index (χ1v) is 15.7. The van der Waals surface area contributed by atoms with Crippen molar-refractivity contribution in [3.05, 3.63) is 156 Å². The summed E-state index contributed by atoms with van der Waals surface area (Å²) in [6.45, 7) is 1.47. The van der Waals surface area contributed by atoms with Gasteiger partial charge < -0.3 is 10.2 Å². The number of hydrogen-bond acceptors (Lipinski definition) is 3. The molecule has 0 fully saturated rings. The number of nitrogens with zero attached hydrogens (tertiary/aromatic N) is 1. The first kappa shape index (κ1) is 28.7. The second-order valence-corrected chi connectivity index (χ2v) is 13.7. The number of benzene rings is 5. The van der Waals surface area contributed by atoms with Crippen molar-refractivity contribution >= 4 is 52.3 Å². The lowest BCUT2D eigenvalue weighted by Crippen LogP contribution is -2.34. The number of hydrogen-bond donors (Lipinski definition) is 1. The normalized spacial score (nSPS) is 11.5. The third-order valence-corrected chi connectivity index (χ3v) is 11.5. The minimum atomic E-state index is -2.71. The fraction of sp³-hybridized carbons (Fsp3) is 0.0811. The summed E-state index contributed by atoms with van der Waals surface area (Å²) in [5.74, 6) is -0.264. The Morgan fingerprint density at radius 3 is 1.60 bits per heavy atom. The molecule has 0 atom stereocenters. The van der Waals surface area contributed by atoms with Crippen LogP contribution in [0.4, 0.5) is 11.4 Å². The number of carbonyl (C=O) groups is 2. The Labute approximate surface area is 248 Å². The van der Waals surface area contributed by atoms with E-state index < -0.39 is 7.26 Å². The number of nitrogens with one attached hydrogen (secondary N) is 1. The van der Waals surface area contributed by atoms with E-state index in [9.17, 15) is 9.59 Å². The average Bonchev–Trinajstić information content (AvgIpc) is 3.02. The Hall–Kier alpha value is -4.79. The highest BCUT2D eigenvalue weighted by Crippen LogP contribution is 2.63. The number of amides is 1. The Bertz CT molecular complexity index is 1600. The van der Waals surface area contributed by atoms with Gasteiger partial charge in [-0.25, -0.2) is 0 Å². The number of rotatable bonds is 9. The maximum absolute atomic E-state index is 15.0. The van der Waals surface area contributed by atoms with Gasteiger partial charge in [-0.2, -0.15) is 0 Å². The highest BCUT2D eigenvalue weighted by Gasteiger charge is 2.52. The van der Waals surface area contributed by atoms with Crippen LogP contribution in [0.3, 0.4) is 0 Å². The Kier molecular flexibility index (Phi) is 8.76. The maximum atomic E-state index is 15.0. The minimum absolute atomic E-state index is 0.0798. The number of ketones is 1. The molecule has 0 aliphatic rings. The van der Waals surface area contributed by atoms with Gasteiger partial charge in [-0.1, -0.05) is 78.9 Å². The van der Waals surface area contributed by atoms with Crippen LogP contribution in [0.1, 0.15) is 22.8 Å². The number of allylic oxidation sites excluding steroid dienone is 1. The molecule has 0 aliphatic heterocycles. The zero-order valence-corrected chi connectivity index (χ0v) is 25.0. The molecule has 0 radical (unpaired) electrons. The first-order valence-electron chi connectivity index (χ1n) is 13.9. The van der Waals surface area contributed by atoms with Crippen molar-refractivity contribution in [1.82, 2.24) is 0 Å². The van der Waals surface area contributed by atoms with Crippen molar-refractivity contribution in [2.45, 2.75) is 6.92 Å². The van der Waals surface area contributed by atoms with Gasteiger partial charge in [0.05, 0.1) is 0 Å². The summed E-state index contributed by atoms with van der Waals surface area (Å²) >= 11 is 0. The lowest BCUT2D eigenvalue weighted by molar-refractivity contribution is -0.114. The quantitative estimate of drug-likeness (QED) is 0.119. The monoisotopic (exact) mass is 569 g/mol. The Morgan fingerprint density at radius 2 is 1.14 bits per heavy atom. The van der Waals surface area contributed by atoms with E-state index in [0.717, 1.165) is 27.2 Å². The molecule has 5 heteroatoms. The molecule has 42 heavy (non-hydrogen) atoms. The van der Waals surface area contributed by atoms with Crippen molar-refractivity contribution in [3.63, 3.8) is 0 Å². The highest BCUT2D eigenvalue weighted by molar-refractivity contribution is 8.00. The standard InChI is InChI=1S/C37H33N2O2P/c1-28(40)38-31-15-13-14-30(27-31)37(41)36(26-29-22-24-32(25-23-29)39(2)3)42(33-16-7-4-8-17-33,34-18-9-5-10-19-34)35-20-11-6-12-21-35/h4-27H,1-3H3/p+1. The molecule has 0 spiro atoms. The number of carbonyl (C=O) groups excluding carboxylic acids is 2. The van der Waals surface area contributed by atoms with Crippen LogP contribution in [-0.4, -0.2) is 25.8 Å². The summed E-state index contributed by atoms with van der Waals surface area (Å²) in [5.41, 5.74) is 3.13. The smallest absolute Gasteiger partial charge is 0.229 e. The van der Waals surface area contributed by atoms with Crippen LogP contribution < -0.4 is 26.1 Å². The summed E-state index contributed by atoms with van der Waals surface area (Å²) in [4.78, 5) is 28.9. The number of anilines is 2. The lowest BCUT2D eigenvalue weighted by Gasteiger charge is -2.29. The fourth-order valence-corrected chi connectivity index (χ4v) is 9.61. The summed E-state index contributed by atoms with van der Waals surface area (Å²) in [7, 11) is 1.31. The third kappa shape index (κ3) is 5.95. The van der Waals surface area contributed by atoms with E-state index in [2.05, 4.69) is 77.0 Å². The lowest BCUT2D eigenvalue weighted by atomic mass is 10.1. The second-order valence-electron chi connectivity index (χ2n) is 10.3. The van der Waals surface area contributed by atoms with Gasteiger partial charge in [-0.3, -0.25) is 9.59 Å². The van der Waals surface area contributed by atoms with Gasteiger partial charge in [-0.15, -0.1) is 0 Å². The summed E-state index contributed by atoms with van der Waals surface area (Å²) in [6.07, 6.45) is 2.06. The summed E-state index contributed by atoms with van der Waals surface area (Å²) < 4.78 is 0. The Balaban J connectivity index is 1.86. The zero-order chi connectivity index (χ0) is 29.5. The molecule has 4 nitrogen and oxygen atoms in total. The van der Waals surface area contributed by atoms with Gasteiger partial charge in [0.25, 0.3) is 0 Å². The second kappa shape index (κ2) is 12.8. The van der Waals surface area contributed by atoms with Crippen LogP contribution in [0.5, 0.6) is 0 Å². The molecule has 1 amide bonds. The molecule has 0 saturated carbocycles. The van der Waals surface area contributed by atoms with E-state index in [1.165, 1.54) is 6.92 Å². The minimum Gasteiger partial charge on any atom is -0.378 e. The molecule has 208 valence electrons. The van der Waals surface area contributed by atoms with E-state index in [4.69, 9.17) is 0 Å². The Morgan fingerprint density at radius 1 is 0.643 bits per heavy atom. The molecule has 0 saturated heterocycles. The van der Waals surface area contributed by atoms with Crippen molar-refractivity contribution in [2.75, 3.05) is 24.3 Å². The van der Waals surface area contributed by atoms with Crippen molar-refractivity contribution in [3.8, 4) is 0 Å². The topological polar surface area (TPSA) is 49.4 Å². The number of Topliss-reactive ketones (excluding diaryl/α,β-unsaturated/α-hetero) is 1. The SMILES string of the molecule is CC(=O)Nc1cccc(C(=O)C(=Cc2ccc(N(C)C)cc2)[P+](c2ccccc2)(c2ccccc2)c2ccccc2)c1. The molecular weight excluding hydrogens is 535 g/mol. The van der Waals surface area contributed by atoms with Crippen LogP contribution in [0.15, 0.2) is 145 Å². The predicted octanol–water partition coefficient (Wildman–Crippen LogP) is 6.93. The van der Waals surface area contributed by atoms with Gasteiger partial charge in [0.15, 0.2) is 5.31 Å². The average molecular weight is 570 g/mol. The molecule has 0 heterocycles. The maximum Gasteiger partial charge on any atom is 0.229 e. The summed E-state index contributed by atoms with van der Waals surface area (Å²) in [5, 5.41) is 6.81. The van der Waals surface area contributed by atoms with E-state index >= 15 is 0 Å². The van der Waals surface area contributed by atoms with Crippen molar-refractivity contribution < 1.29 is 9.59 Å². The van der Waals surface area contributed by atoms with Crippen LogP contribution in [-0.2, 0) is 4.79 Å². The molecule has 5 aromatic carbocycles. The third-order valence-electron chi connectivity index (χ3n) is 7.18. The molecule has 5 aromatic rings. The van der Waals surface area contributed by atoms with Gasteiger partial charge >= 0.3 is 0 Å². The molecule has 0 bridgehead atoms. The van der Waals surface area contributed by atoms with E-state index in [1.54, 1.807) is 12.1 Å². The molecular formula is C37H34N2O2P+. The van der Waals surface area contributed by atoms with Gasteiger partial charge in [0, 0.05) is 38.0 Å². The van der Waals surface area contributed by atoms with Gasteiger partial charge in [0.2, 0.25) is 11.7 Å². The van der Waals surface area contributed by atoms with Crippen molar-refractivity contribution in [1.29, 1.82) is 0 Å². The molecule has 0 aliphatic carbocycles. The van der Waals surface area contributed by atoms with Crippen molar-refractivity contribution in [2.24, 2.45) is 0 Å². The van der Waals surface area contributed by atoms with Crippen LogP contribution in [0.2, 0.25) is 0 Å². The van der Waals surface area contributed by atoms with Crippen LogP contribution >= 0.6 is 7.26 Å². The largest absolute Gasteiger partial charge is 0.378 e. The fourth-order valence-electron chi connectivity index (χ4n) is 5.25. The first-order chi connectivity index (χ1) is 20.4. The van der Waals surface area contributed by atoms with Gasteiger partial charge in [-0.05, 0) is 72.3 Å². The van der Waals surface area contributed by atoms with E-state index in [1.807, 2.05) is 80.8 Å². The molecule has 0 unspecified atom stereocenters. The van der Waals surface area contributed by atoms with Crippen LogP contribution in [0, 0.1) is 0 Å². The van der Waals surface area contributed by atoms with E-state index in [-0.39, 0.29) is 11.7 Å². The molecule has 0 aromatic heterocycles.